The summed E-state index contributed by atoms with van der Waals surface area (Å²) >= 11 is 0. The van der Waals surface area contributed by atoms with Gasteiger partial charge in [0.2, 0.25) is 0 Å². The van der Waals surface area contributed by atoms with Gasteiger partial charge in [0.1, 0.15) is 0 Å². The Balaban J connectivity index is 3.00. The van der Waals surface area contributed by atoms with Crippen molar-refractivity contribution in [3.63, 3.8) is 0 Å². The Kier molecular flexibility index (Phi) is 8.58. The van der Waals surface area contributed by atoms with E-state index >= 15 is 0 Å². The molecule has 2 N–H and O–H groups in total. The highest BCUT2D eigenvalue weighted by atomic mass is 33.5. The summed E-state index contributed by atoms with van der Waals surface area (Å²) in [6.45, 7) is 0. The zero-order chi connectivity index (χ0) is 10.1. The number of aliphatic carboxylic acids is 2. The predicted octanol–water partition coefficient (Wildman–Crippen LogP) is 1.97. The highest BCUT2D eigenvalue weighted by Gasteiger charge is 1.99. The predicted molar refractivity (Wildman–Crippen MR) is 57.0 cm³/mol. The van der Waals surface area contributed by atoms with Crippen LogP contribution in [0.5, 0.6) is 0 Å². The van der Waals surface area contributed by atoms with Crippen molar-refractivity contribution in [2.24, 2.45) is 0 Å². The van der Waals surface area contributed by atoms with Crippen LogP contribution in [0.4, 0.5) is 0 Å². The normalized spacial score (nSPS) is 9.85. The van der Waals surface area contributed by atoms with Crippen molar-refractivity contribution < 1.29 is 19.8 Å². The van der Waals surface area contributed by atoms with E-state index in [-0.39, 0.29) is 12.8 Å². The SMILES string of the molecule is O=C(O)CCSSSCCC(=O)O. The molecule has 13 heavy (non-hydrogen) atoms. The zero-order valence-electron chi connectivity index (χ0n) is 6.76. The largest absolute Gasteiger partial charge is 0.481 e. The van der Waals surface area contributed by atoms with Crippen LogP contribution in [-0.2, 0) is 9.59 Å². The van der Waals surface area contributed by atoms with Crippen LogP contribution in [0.25, 0.3) is 0 Å². The molecule has 76 valence electrons. The Labute approximate surface area is 87.6 Å². The summed E-state index contributed by atoms with van der Waals surface area (Å²) in [4.78, 5) is 20.1. The Morgan fingerprint density at radius 2 is 1.31 bits per heavy atom. The summed E-state index contributed by atoms with van der Waals surface area (Å²) in [5.41, 5.74) is 0. The quantitative estimate of drug-likeness (QED) is 0.498. The standard InChI is InChI=1S/C6H10O4S3/c7-5(8)1-3-11-13-12-4-2-6(9)10/h1-4H2,(H,7,8)(H,9,10). The molecule has 0 saturated carbocycles. The molecule has 0 aliphatic rings. The van der Waals surface area contributed by atoms with Gasteiger partial charge in [0.15, 0.2) is 0 Å². The lowest BCUT2D eigenvalue weighted by atomic mass is 10.5. The van der Waals surface area contributed by atoms with Gasteiger partial charge in [-0.15, -0.1) is 0 Å². The first-order valence-electron chi connectivity index (χ1n) is 3.47. The number of carbonyl (C=O) groups is 2. The fourth-order valence-electron chi connectivity index (χ4n) is 0.360. The lowest BCUT2D eigenvalue weighted by Crippen LogP contribution is -1.95. The van der Waals surface area contributed by atoms with Gasteiger partial charge in [-0.1, -0.05) is 21.6 Å². The Morgan fingerprint density at radius 1 is 0.923 bits per heavy atom. The second-order valence-corrected chi connectivity index (χ2v) is 6.47. The molecule has 0 heterocycles. The molecule has 0 bridgehead atoms. The van der Waals surface area contributed by atoms with Gasteiger partial charge in [0.25, 0.3) is 0 Å². The van der Waals surface area contributed by atoms with Crippen LogP contribution in [-0.4, -0.2) is 33.7 Å². The van der Waals surface area contributed by atoms with Crippen LogP contribution in [0.2, 0.25) is 0 Å². The van der Waals surface area contributed by atoms with E-state index in [1.165, 1.54) is 31.4 Å². The second-order valence-electron chi connectivity index (χ2n) is 2.00. The van der Waals surface area contributed by atoms with Crippen molar-refractivity contribution >= 4 is 43.4 Å². The molecule has 0 unspecified atom stereocenters. The lowest BCUT2D eigenvalue weighted by molar-refractivity contribution is -0.137. The van der Waals surface area contributed by atoms with Gasteiger partial charge < -0.3 is 10.2 Å². The van der Waals surface area contributed by atoms with Crippen LogP contribution in [0.15, 0.2) is 0 Å². The first-order chi connectivity index (χ1) is 6.13. The second kappa shape index (κ2) is 8.58. The number of rotatable bonds is 8. The van der Waals surface area contributed by atoms with Crippen molar-refractivity contribution in [1.82, 2.24) is 0 Å². The van der Waals surface area contributed by atoms with Gasteiger partial charge in [-0.3, -0.25) is 9.59 Å². The zero-order valence-corrected chi connectivity index (χ0v) is 9.21. The maximum Gasteiger partial charge on any atom is 0.304 e. The number of carboxylic acids is 2. The van der Waals surface area contributed by atoms with Gasteiger partial charge >= 0.3 is 11.9 Å². The maximum absolute atomic E-state index is 10.1. The molecule has 0 atom stereocenters. The summed E-state index contributed by atoms with van der Waals surface area (Å²) in [6, 6.07) is 0. The minimum atomic E-state index is -0.802. The third-order valence-corrected chi connectivity index (χ3v) is 5.14. The molecular formula is C6H10O4S3. The van der Waals surface area contributed by atoms with E-state index in [0.29, 0.717) is 11.5 Å². The smallest absolute Gasteiger partial charge is 0.304 e. The summed E-state index contributed by atoms with van der Waals surface area (Å²) in [5.74, 6) is -0.493. The summed E-state index contributed by atoms with van der Waals surface area (Å²) in [6.07, 6.45) is 0.300. The molecular weight excluding hydrogens is 232 g/mol. The highest BCUT2D eigenvalue weighted by molar-refractivity contribution is 9.09. The van der Waals surface area contributed by atoms with Crippen molar-refractivity contribution in [1.29, 1.82) is 0 Å². The molecule has 0 aromatic rings. The van der Waals surface area contributed by atoms with E-state index in [4.69, 9.17) is 10.2 Å². The lowest BCUT2D eigenvalue weighted by Gasteiger charge is -1.96. The third kappa shape index (κ3) is 12.0. The molecule has 0 spiro atoms. The van der Waals surface area contributed by atoms with E-state index in [1.54, 1.807) is 0 Å². The van der Waals surface area contributed by atoms with E-state index in [0.717, 1.165) is 0 Å². The van der Waals surface area contributed by atoms with Gasteiger partial charge in [-0.25, -0.2) is 0 Å². The molecule has 0 fully saturated rings. The minimum Gasteiger partial charge on any atom is -0.481 e. The van der Waals surface area contributed by atoms with Crippen LogP contribution in [0.3, 0.4) is 0 Å². The van der Waals surface area contributed by atoms with Crippen LogP contribution in [0.1, 0.15) is 12.8 Å². The highest BCUT2D eigenvalue weighted by Crippen LogP contribution is 2.34. The average molecular weight is 242 g/mol. The van der Waals surface area contributed by atoms with E-state index in [2.05, 4.69) is 0 Å². The molecule has 0 aliphatic heterocycles. The number of hydrogen-bond donors (Lipinski definition) is 2. The first-order valence-corrected chi connectivity index (χ1v) is 7.29. The van der Waals surface area contributed by atoms with Crippen molar-refractivity contribution in [3.8, 4) is 0 Å². The van der Waals surface area contributed by atoms with E-state index < -0.39 is 11.9 Å². The molecule has 0 aliphatic carbocycles. The summed E-state index contributed by atoms with van der Waals surface area (Å²) in [7, 11) is 4.32. The molecule has 0 rings (SSSR count). The van der Waals surface area contributed by atoms with E-state index in [9.17, 15) is 9.59 Å². The fourth-order valence-corrected chi connectivity index (χ4v) is 4.03. The van der Waals surface area contributed by atoms with Crippen LogP contribution in [0, 0.1) is 0 Å². The molecule has 0 aromatic carbocycles. The minimum absolute atomic E-state index is 0.150. The van der Waals surface area contributed by atoms with Crippen LogP contribution < -0.4 is 0 Å². The Morgan fingerprint density at radius 3 is 1.62 bits per heavy atom. The summed E-state index contributed by atoms with van der Waals surface area (Å²) in [5, 5.41) is 16.6. The summed E-state index contributed by atoms with van der Waals surface area (Å²) < 4.78 is 0. The Hall–Kier alpha value is -0.0100. The number of carboxylic acid groups (broad SMARTS) is 2. The van der Waals surface area contributed by atoms with E-state index in [1.807, 2.05) is 0 Å². The molecule has 7 heteroatoms. The van der Waals surface area contributed by atoms with Crippen molar-refractivity contribution in [2.75, 3.05) is 11.5 Å². The molecule has 0 amide bonds. The average Bonchev–Trinajstić information content (AvgIpc) is 2.01. The van der Waals surface area contributed by atoms with Crippen molar-refractivity contribution in [2.45, 2.75) is 12.8 Å². The number of hydrogen-bond acceptors (Lipinski definition) is 5. The first kappa shape index (κ1) is 13.0. The molecule has 0 aromatic heterocycles. The monoisotopic (exact) mass is 242 g/mol. The third-order valence-electron chi connectivity index (χ3n) is 0.895. The fraction of sp³-hybridized carbons (Fsp3) is 0.667. The Bertz CT molecular complexity index is 155. The molecule has 0 saturated heterocycles. The topological polar surface area (TPSA) is 74.6 Å². The maximum atomic E-state index is 10.1. The molecule has 4 nitrogen and oxygen atoms in total. The van der Waals surface area contributed by atoms with Gasteiger partial charge in [-0.2, -0.15) is 0 Å². The van der Waals surface area contributed by atoms with Crippen molar-refractivity contribution in [3.05, 3.63) is 0 Å². The molecule has 0 radical (unpaired) electrons. The van der Waals surface area contributed by atoms with Gasteiger partial charge in [0.05, 0.1) is 12.8 Å². The van der Waals surface area contributed by atoms with Gasteiger partial charge in [-0.05, 0) is 9.83 Å². The van der Waals surface area contributed by atoms with Crippen LogP contribution >= 0.6 is 31.4 Å². The van der Waals surface area contributed by atoms with Gasteiger partial charge in [0, 0.05) is 11.5 Å².